The molecule has 2 rings (SSSR count). The zero-order valence-corrected chi connectivity index (χ0v) is 12.1. The minimum absolute atomic E-state index is 0.0166. The van der Waals surface area contributed by atoms with E-state index in [9.17, 15) is 8.42 Å². The van der Waals surface area contributed by atoms with Crippen molar-refractivity contribution < 1.29 is 17.9 Å². The van der Waals surface area contributed by atoms with Crippen LogP contribution in [0.3, 0.4) is 0 Å². The molecule has 1 aromatic carbocycles. The van der Waals surface area contributed by atoms with Crippen molar-refractivity contribution in [2.75, 3.05) is 6.61 Å². The second-order valence-electron chi connectivity index (χ2n) is 4.26. The molecule has 0 amide bonds. The van der Waals surface area contributed by atoms with E-state index in [1.54, 1.807) is 18.2 Å². The van der Waals surface area contributed by atoms with Crippen molar-refractivity contribution in [3.8, 4) is 11.8 Å². The highest BCUT2D eigenvalue weighted by molar-refractivity contribution is 7.89. The van der Waals surface area contributed by atoms with E-state index in [4.69, 9.17) is 9.52 Å². The Morgan fingerprint density at radius 2 is 2.14 bits per heavy atom. The summed E-state index contributed by atoms with van der Waals surface area (Å²) >= 11 is 0. The predicted molar refractivity (Wildman–Crippen MR) is 77.8 cm³/mol. The van der Waals surface area contributed by atoms with Gasteiger partial charge in [0.2, 0.25) is 10.0 Å². The topological polar surface area (TPSA) is 79.5 Å². The molecule has 0 atom stereocenters. The van der Waals surface area contributed by atoms with Crippen LogP contribution in [0.1, 0.15) is 17.5 Å². The molecule has 2 N–H and O–H groups in total. The molecule has 0 unspecified atom stereocenters. The normalized spacial score (nSPS) is 10.9. The van der Waals surface area contributed by atoms with Crippen LogP contribution in [-0.4, -0.2) is 20.1 Å². The highest BCUT2D eigenvalue weighted by atomic mass is 32.2. The molecule has 0 bridgehead atoms. The number of sulfonamides is 1. The highest BCUT2D eigenvalue weighted by Crippen LogP contribution is 2.12. The lowest BCUT2D eigenvalue weighted by Gasteiger charge is -2.05. The summed E-state index contributed by atoms with van der Waals surface area (Å²) in [5.41, 5.74) is 1.34. The van der Waals surface area contributed by atoms with Crippen LogP contribution in [0.25, 0.3) is 0 Å². The third-order valence-electron chi connectivity index (χ3n) is 2.66. The minimum atomic E-state index is -3.60. The Balaban J connectivity index is 2.12. The first-order valence-electron chi connectivity index (χ1n) is 6.32. The quantitative estimate of drug-likeness (QED) is 0.820. The van der Waals surface area contributed by atoms with Gasteiger partial charge in [-0.15, -0.1) is 0 Å². The molecule has 0 saturated carbocycles. The molecule has 1 heterocycles. The van der Waals surface area contributed by atoms with E-state index in [1.165, 1.54) is 24.7 Å². The van der Waals surface area contributed by atoms with Crippen LogP contribution in [-0.2, 0) is 16.6 Å². The van der Waals surface area contributed by atoms with Crippen LogP contribution in [0.5, 0.6) is 0 Å². The van der Waals surface area contributed by atoms with Crippen LogP contribution in [0, 0.1) is 11.8 Å². The number of rotatable bonds is 5. The number of benzene rings is 1. The predicted octanol–water partition coefficient (Wildman–Crippen LogP) is 1.49. The van der Waals surface area contributed by atoms with Crippen molar-refractivity contribution in [2.24, 2.45) is 0 Å². The van der Waals surface area contributed by atoms with Gasteiger partial charge in [0.05, 0.1) is 24.0 Å². The molecule has 1 aromatic heterocycles. The van der Waals surface area contributed by atoms with Crippen LogP contribution in [0.2, 0.25) is 0 Å². The summed E-state index contributed by atoms with van der Waals surface area (Å²) in [5.74, 6) is 5.57. The van der Waals surface area contributed by atoms with Gasteiger partial charge in [0.1, 0.15) is 0 Å². The zero-order chi connectivity index (χ0) is 15.1. The van der Waals surface area contributed by atoms with E-state index in [0.717, 1.165) is 5.56 Å². The molecule has 0 aliphatic rings. The summed E-state index contributed by atoms with van der Waals surface area (Å²) in [7, 11) is -3.60. The molecule has 0 saturated heterocycles. The number of hydrogen-bond acceptors (Lipinski definition) is 4. The molecule has 0 radical (unpaired) electrons. The molecule has 21 heavy (non-hydrogen) atoms. The number of hydrogen-bond donors (Lipinski definition) is 2. The first-order chi connectivity index (χ1) is 10.1. The molecule has 0 spiro atoms. The molecule has 0 aliphatic heterocycles. The number of aliphatic hydroxyl groups is 1. The number of nitrogens with one attached hydrogen (secondary N) is 1. The second kappa shape index (κ2) is 7.09. The van der Waals surface area contributed by atoms with Crippen molar-refractivity contribution in [1.82, 2.24) is 4.72 Å². The van der Waals surface area contributed by atoms with Crippen LogP contribution >= 0.6 is 0 Å². The first kappa shape index (κ1) is 15.3. The lowest BCUT2D eigenvalue weighted by atomic mass is 10.2. The summed E-state index contributed by atoms with van der Waals surface area (Å²) in [6.45, 7) is 0.149. The van der Waals surface area contributed by atoms with Crippen LogP contribution < -0.4 is 4.72 Å². The van der Waals surface area contributed by atoms with Gasteiger partial charge in [0.25, 0.3) is 0 Å². The summed E-state index contributed by atoms with van der Waals surface area (Å²) in [4.78, 5) is 0.154. The zero-order valence-electron chi connectivity index (χ0n) is 11.2. The van der Waals surface area contributed by atoms with Crippen LogP contribution in [0.4, 0.5) is 0 Å². The van der Waals surface area contributed by atoms with E-state index in [2.05, 4.69) is 16.6 Å². The number of furan rings is 1. The molecule has 2 aromatic rings. The smallest absolute Gasteiger partial charge is 0.240 e. The standard InChI is InChI=1S/C15H15NO4S/c17-8-2-1-4-13-5-3-6-15(10-13)21(18,19)16-11-14-7-9-20-12-14/h3,5-7,9-10,12,16-17H,2,8,11H2. The van der Waals surface area contributed by atoms with E-state index in [-0.39, 0.29) is 18.0 Å². The van der Waals surface area contributed by atoms with E-state index in [0.29, 0.717) is 12.0 Å². The second-order valence-corrected chi connectivity index (χ2v) is 6.03. The fraction of sp³-hybridized carbons (Fsp3) is 0.200. The first-order valence-corrected chi connectivity index (χ1v) is 7.81. The average Bonchev–Trinajstić information content (AvgIpc) is 2.99. The monoisotopic (exact) mass is 305 g/mol. The lowest BCUT2D eigenvalue weighted by Crippen LogP contribution is -2.23. The van der Waals surface area contributed by atoms with Crippen LogP contribution in [0.15, 0.2) is 52.2 Å². The Labute approximate surface area is 123 Å². The Morgan fingerprint density at radius 1 is 1.29 bits per heavy atom. The third kappa shape index (κ3) is 4.46. The van der Waals surface area contributed by atoms with Gasteiger partial charge in [0.15, 0.2) is 0 Å². The third-order valence-corrected chi connectivity index (χ3v) is 4.06. The SMILES string of the molecule is O=S(=O)(NCc1ccoc1)c1cccc(C#CCCO)c1. The average molecular weight is 305 g/mol. The number of aliphatic hydroxyl groups excluding tert-OH is 1. The molecule has 0 aliphatic carbocycles. The Kier molecular flexibility index (Phi) is 5.17. The van der Waals surface area contributed by atoms with Gasteiger partial charge < -0.3 is 9.52 Å². The fourth-order valence-electron chi connectivity index (χ4n) is 1.62. The van der Waals surface area contributed by atoms with Crippen molar-refractivity contribution >= 4 is 10.0 Å². The van der Waals surface area contributed by atoms with Crippen molar-refractivity contribution in [3.63, 3.8) is 0 Å². The Bertz CT molecular complexity index is 739. The molecule has 110 valence electrons. The summed E-state index contributed by atoms with van der Waals surface area (Å²) in [6.07, 6.45) is 3.33. The minimum Gasteiger partial charge on any atom is -0.472 e. The molecule has 0 fully saturated rings. The van der Waals surface area contributed by atoms with Gasteiger partial charge in [-0.2, -0.15) is 0 Å². The molecule has 6 heteroatoms. The van der Waals surface area contributed by atoms with Crippen molar-refractivity contribution in [3.05, 3.63) is 54.0 Å². The van der Waals surface area contributed by atoms with Gasteiger partial charge in [-0.05, 0) is 24.3 Å². The van der Waals surface area contributed by atoms with Gasteiger partial charge >= 0.3 is 0 Å². The van der Waals surface area contributed by atoms with Gasteiger partial charge in [0, 0.05) is 24.1 Å². The van der Waals surface area contributed by atoms with Crippen molar-refractivity contribution in [2.45, 2.75) is 17.9 Å². The molecule has 5 nitrogen and oxygen atoms in total. The summed E-state index contributed by atoms with van der Waals surface area (Å²) < 4.78 is 31.7. The Hall–Kier alpha value is -2.07. The van der Waals surface area contributed by atoms with Gasteiger partial charge in [-0.1, -0.05) is 17.9 Å². The largest absolute Gasteiger partial charge is 0.472 e. The highest BCUT2D eigenvalue weighted by Gasteiger charge is 2.14. The molecular weight excluding hydrogens is 290 g/mol. The summed E-state index contributed by atoms with van der Waals surface area (Å²) in [5, 5.41) is 8.67. The van der Waals surface area contributed by atoms with Gasteiger partial charge in [-0.25, -0.2) is 13.1 Å². The maximum Gasteiger partial charge on any atom is 0.240 e. The Morgan fingerprint density at radius 3 is 2.86 bits per heavy atom. The fourth-order valence-corrected chi connectivity index (χ4v) is 2.68. The van der Waals surface area contributed by atoms with E-state index >= 15 is 0 Å². The van der Waals surface area contributed by atoms with Gasteiger partial charge in [-0.3, -0.25) is 0 Å². The summed E-state index contributed by atoms with van der Waals surface area (Å²) in [6, 6.07) is 8.06. The maximum absolute atomic E-state index is 12.2. The van der Waals surface area contributed by atoms with Crippen molar-refractivity contribution in [1.29, 1.82) is 0 Å². The maximum atomic E-state index is 12.2. The lowest BCUT2D eigenvalue weighted by molar-refractivity contribution is 0.305. The molecular formula is C15H15NO4S. The van der Waals surface area contributed by atoms with E-state index < -0.39 is 10.0 Å². The van der Waals surface area contributed by atoms with E-state index in [1.807, 2.05) is 0 Å².